The molecule has 1 fully saturated rings. The molecule has 2 aliphatic rings. The Morgan fingerprint density at radius 2 is 1.89 bits per heavy atom. The van der Waals surface area contributed by atoms with E-state index in [2.05, 4.69) is 15.6 Å². The van der Waals surface area contributed by atoms with Crippen LogP contribution in [0.25, 0.3) is 10.2 Å². The number of allylic oxidation sites excluding steroid dienone is 2. The third kappa shape index (κ3) is 4.76. The van der Waals surface area contributed by atoms with E-state index in [1.165, 1.54) is 23.1 Å². The van der Waals surface area contributed by atoms with E-state index in [0.717, 1.165) is 14.6 Å². The van der Waals surface area contributed by atoms with E-state index in [-0.39, 0.29) is 29.4 Å². The number of aliphatic carboxylic acids is 1. The Hall–Kier alpha value is -3.37. The number of hydrogen-bond acceptors (Lipinski definition) is 7. The number of carbonyl (C=O) groups excluding carboxylic acids is 2. The third-order valence-electron chi connectivity index (χ3n) is 6.39. The van der Waals surface area contributed by atoms with Crippen LogP contribution in [0, 0.1) is 23.7 Å². The molecule has 1 aromatic heterocycles. The molecule has 8 nitrogen and oxygen atoms in total. The Kier molecular flexibility index (Phi) is 6.48. The summed E-state index contributed by atoms with van der Waals surface area (Å²) in [7, 11) is 1.55. The fraction of sp³-hybridized carbons (Fsp3) is 0.280. The number of thioether (sulfide) groups is 1. The van der Waals surface area contributed by atoms with Crippen LogP contribution in [-0.2, 0) is 14.4 Å². The summed E-state index contributed by atoms with van der Waals surface area (Å²) in [6.45, 7) is 0. The zero-order valence-electron chi connectivity index (χ0n) is 18.8. The van der Waals surface area contributed by atoms with Gasteiger partial charge in [0, 0.05) is 5.69 Å². The summed E-state index contributed by atoms with van der Waals surface area (Å²) in [5, 5.41) is 15.4. The predicted molar refractivity (Wildman–Crippen MR) is 136 cm³/mol. The Morgan fingerprint density at radius 3 is 2.66 bits per heavy atom. The van der Waals surface area contributed by atoms with Crippen LogP contribution in [-0.4, -0.2) is 40.7 Å². The van der Waals surface area contributed by atoms with Gasteiger partial charge in [-0.15, -0.1) is 11.3 Å². The van der Waals surface area contributed by atoms with Gasteiger partial charge in [0.25, 0.3) is 0 Å². The Balaban J connectivity index is 1.22. The summed E-state index contributed by atoms with van der Waals surface area (Å²) in [6.07, 6.45) is 4.61. The molecule has 0 unspecified atom stereocenters. The number of carbonyl (C=O) groups is 3. The maximum absolute atomic E-state index is 13.0. The van der Waals surface area contributed by atoms with E-state index in [1.54, 1.807) is 25.3 Å². The van der Waals surface area contributed by atoms with Gasteiger partial charge in [0.05, 0.1) is 40.6 Å². The van der Waals surface area contributed by atoms with Crippen LogP contribution in [0.4, 0.5) is 11.4 Å². The first-order chi connectivity index (χ1) is 16.9. The van der Waals surface area contributed by atoms with Crippen LogP contribution >= 0.6 is 23.1 Å². The number of carboxylic acid groups (broad SMARTS) is 1. The number of rotatable bonds is 8. The number of anilines is 2. The van der Waals surface area contributed by atoms with Gasteiger partial charge in [-0.3, -0.25) is 14.4 Å². The van der Waals surface area contributed by atoms with Gasteiger partial charge in [0.2, 0.25) is 11.8 Å². The summed E-state index contributed by atoms with van der Waals surface area (Å²) in [6, 6.07) is 12.6. The first kappa shape index (κ1) is 23.4. The van der Waals surface area contributed by atoms with Crippen molar-refractivity contribution < 1.29 is 24.2 Å². The van der Waals surface area contributed by atoms with E-state index in [0.29, 0.717) is 23.5 Å². The fourth-order valence-electron chi connectivity index (χ4n) is 4.85. The van der Waals surface area contributed by atoms with Gasteiger partial charge in [0.1, 0.15) is 5.75 Å². The molecule has 3 N–H and O–H groups in total. The zero-order valence-corrected chi connectivity index (χ0v) is 20.4. The molecule has 0 aliphatic heterocycles. The van der Waals surface area contributed by atoms with E-state index in [4.69, 9.17) is 4.74 Å². The van der Waals surface area contributed by atoms with Crippen LogP contribution in [0.2, 0.25) is 0 Å². The summed E-state index contributed by atoms with van der Waals surface area (Å²) < 4.78 is 6.87. The molecule has 0 saturated heterocycles. The molecule has 2 amide bonds. The topological polar surface area (TPSA) is 118 Å². The predicted octanol–water partition coefficient (Wildman–Crippen LogP) is 4.50. The number of carboxylic acids is 1. The molecule has 35 heavy (non-hydrogen) atoms. The quantitative estimate of drug-likeness (QED) is 0.302. The number of nitrogens with one attached hydrogen (secondary N) is 2. The van der Waals surface area contributed by atoms with Gasteiger partial charge in [-0.05, 0) is 48.6 Å². The van der Waals surface area contributed by atoms with Gasteiger partial charge in [-0.25, -0.2) is 4.98 Å². The Bertz CT molecular complexity index is 1340. The molecule has 4 atom stereocenters. The van der Waals surface area contributed by atoms with Crippen molar-refractivity contribution in [3.05, 3.63) is 54.6 Å². The molecule has 1 saturated carbocycles. The maximum Gasteiger partial charge on any atom is 0.307 e. The molecule has 10 heteroatoms. The number of fused-ring (bicyclic) bond motifs is 3. The van der Waals surface area contributed by atoms with Crippen molar-refractivity contribution in [2.24, 2.45) is 23.7 Å². The second-order valence-electron chi connectivity index (χ2n) is 8.53. The number of aromatic nitrogens is 1. The lowest BCUT2D eigenvalue weighted by molar-refractivity contribution is -0.146. The molecule has 1 heterocycles. The molecule has 0 spiro atoms. The first-order valence-corrected chi connectivity index (χ1v) is 12.9. The standard InChI is InChI=1S/C25H23N3O5S2/c1-33-18-5-3-2-4-16(18)27-20(29)12-34-25-28-17-9-8-15(11-19(17)35-25)26-23(30)21-13-6-7-14(10-13)22(21)24(31)32/h2-9,11,13-14,21-22H,10,12H2,1H3,(H,26,30)(H,27,29)(H,31,32)/t13-,14-,21-,22-/m0/s1. The van der Waals surface area contributed by atoms with Crippen molar-refractivity contribution in [2.45, 2.75) is 10.8 Å². The molecule has 2 aliphatic carbocycles. The van der Waals surface area contributed by atoms with Gasteiger partial charge >= 0.3 is 5.97 Å². The minimum atomic E-state index is -0.920. The van der Waals surface area contributed by atoms with Crippen LogP contribution < -0.4 is 15.4 Å². The first-order valence-electron chi connectivity index (χ1n) is 11.1. The summed E-state index contributed by atoms with van der Waals surface area (Å²) in [5.41, 5.74) is 1.99. The molecule has 180 valence electrons. The molecule has 3 aromatic rings. The van der Waals surface area contributed by atoms with Crippen molar-refractivity contribution in [1.82, 2.24) is 4.98 Å². The second-order valence-corrected chi connectivity index (χ2v) is 10.8. The molecule has 5 rings (SSSR count). The monoisotopic (exact) mass is 509 g/mol. The molecule has 0 radical (unpaired) electrons. The number of methoxy groups -OCH3 is 1. The molecular weight excluding hydrogens is 486 g/mol. The van der Waals surface area contributed by atoms with Gasteiger partial charge in [-0.1, -0.05) is 36.0 Å². The number of amides is 2. The van der Waals surface area contributed by atoms with Gasteiger partial charge in [-0.2, -0.15) is 0 Å². The minimum Gasteiger partial charge on any atom is -0.495 e. The lowest BCUT2D eigenvalue weighted by Gasteiger charge is -2.23. The number of ether oxygens (including phenoxy) is 1. The maximum atomic E-state index is 13.0. The molecule has 2 aromatic carbocycles. The van der Waals surface area contributed by atoms with Crippen LogP contribution in [0.3, 0.4) is 0 Å². The van der Waals surface area contributed by atoms with Crippen molar-refractivity contribution in [1.29, 1.82) is 0 Å². The normalized spacial score (nSPS) is 22.3. The molecule has 2 bridgehead atoms. The summed E-state index contributed by atoms with van der Waals surface area (Å²) in [4.78, 5) is 41.6. The Morgan fingerprint density at radius 1 is 1.11 bits per heavy atom. The fourth-order valence-corrected chi connectivity index (χ4v) is 6.75. The smallest absolute Gasteiger partial charge is 0.307 e. The van der Waals surface area contributed by atoms with Crippen LogP contribution in [0.1, 0.15) is 6.42 Å². The number of hydrogen-bond donors (Lipinski definition) is 3. The summed E-state index contributed by atoms with van der Waals surface area (Å²) >= 11 is 2.77. The third-order valence-corrected chi connectivity index (χ3v) is 8.55. The van der Waals surface area contributed by atoms with Crippen molar-refractivity contribution >= 4 is 62.5 Å². The Labute approximate surface area is 209 Å². The SMILES string of the molecule is COc1ccccc1NC(=O)CSc1nc2ccc(NC(=O)[C@@H]3[C@@H](C(=O)O)[C@H]4C=C[C@H]3C4)cc2s1. The van der Waals surface area contributed by atoms with Crippen molar-refractivity contribution in [2.75, 3.05) is 23.5 Å². The van der Waals surface area contributed by atoms with Crippen molar-refractivity contribution in [3.63, 3.8) is 0 Å². The van der Waals surface area contributed by atoms with Crippen LogP contribution in [0.5, 0.6) is 5.75 Å². The van der Waals surface area contributed by atoms with E-state index in [9.17, 15) is 19.5 Å². The average molecular weight is 510 g/mol. The largest absolute Gasteiger partial charge is 0.495 e. The summed E-state index contributed by atoms with van der Waals surface area (Å²) in [5.74, 6) is -1.91. The number of nitrogens with zero attached hydrogens (tertiary/aromatic N) is 1. The zero-order chi connectivity index (χ0) is 24.5. The van der Waals surface area contributed by atoms with Crippen LogP contribution in [0.15, 0.2) is 59.0 Å². The van der Waals surface area contributed by atoms with E-state index in [1.807, 2.05) is 36.4 Å². The number of benzene rings is 2. The van der Waals surface area contributed by atoms with E-state index >= 15 is 0 Å². The highest BCUT2D eigenvalue weighted by atomic mass is 32.2. The highest BCUT2D eigenvalue weighted by Crippen LogP contribution is 2.48. The number of para-hydroxylation sites is 2. The highest BCUT2D eigenvalue weighted by Gasteiger charge is 2.51. The van der Waals surface area contributed by atoms with E-state index < -0.39 is 17.8 Å². The average Bonchev–Trinajstić information content (AvgIpc) is 3.57. The highest BCUT2D eigenvalue weighted by molar-refractivity contribution is 8.01. The lowest BCUT2D eigenvalue weighted by atomic mass is 9.82. The second kappa shape index (κ2) is 9.71. The van der Waals surface area contributed by atoms with Crippen molar-refractivity contribution in [3.8, 4) is 5.75 Å². The lowest BCUT2D eigenvalue weighted by Crippen LogP contribution is -2.36. The molecular formula is C25H23N3O5S2. The van der Waals surface area contributed by atoms with Gasteiger partial charge in [0.15, 0.2) is 4.34 Å². The van der Waals surface area contributed by atoms with Gasteiger partial charge < -0.3 is 20.5 Å². The minimum absolute atomic E-state index is 0.0294. The number of thiazole rings is 1.